The van der Waals surface area contributed by atoms with Crippen molar-refractivity contribution < 1.29 is 0 Å². The van der Waals surface area contributed by atoms with Crippen LogP contribution < -0.4 is 10.6 Å². The van der Waals surface area contributed by atoms with Crippen molar-refractivity contribution >= 4 is 11.4 Å². The average molecular weight is 361 g/mol. The lowest BCUT2D eigenvalue weighted by atomic mass is 10.0. The Labute approximate surface area is 164 Å². The maximum atomic E-state index is 3.99. The van der Waals surface area contributed by atoms with Crippen LogP contribution in [0.1, 0.15) is 42.0 Å². The molecule has 0 saturated heterocycles. The van der Waals surface area contributed by atoms with Crippen molar-refractivity contribution in [1.29, 1.82) is 0 Å². The fourth-order valence-electron chi connectivity index (χ4n) is 3.23. The Morgan fingerprint density at radius 3 is 2.04 bits per heavy atom. The molecule has 0 atom stereocenters. The van der Waals surface area contributed by atoms with Gasteiger partial charge in [0.1, 0.15) is 0 Å². The average Bonchev–Trinajstić information content (AvgIpc) is 2.63. The van der Waals surface area contributed by atoms with Gasteiger partial charge in [0, 0.05) is 23.6 Å². The van der Waals surface area contributed by atoms with Gasteiger partial charge in [-0.15, -0.1) is 0 Å². The van der Waals surface area contributed by atoms with Crippen LogP contribution >= 0.6 is 0 Å². The standard InChI is InChI=1S/C25H32N2/c1-8-21(16-26-23-12-10-22(11-13-23)17(3)4)24(9-2)27-25-19(6)14-18(5)15-20(25)7/h8-15,17,26-27H,1-2,16H2,3-7H3/b24-21-. The number of benzene rings is 2. The van der Waals surface area contributed by atoms with Crippen molar-refractivity contribution in [2.45, 2.75) is 40.5 Å². The van der Waals surface area contributed by atoms with E-state index in [4.69, 9.17) is 0 Å². The van der Waals surface area contributed by atoms with Gasteiger partial charge < -0.3 is 10.6 Å². The van der Waals surface area contributed by atoms with Gasteiger partial charge in [0.05, 0.1) is 0 Å². The summed E-state index contributed by atoms with van der Waals surface area (Å²) in [4.78, 5) is 0. The first-order chi connectivity index (χ1) is 12.8. The summed E-state index contributed by atoms with van der Waals surface area (Å²) >= 11 is 0. The Kier molecular flexibility index (Phi) is 7.06. The van der Waals surface area contributed by atoms with E-state index in [0.717, 1.165) is 22.6 Å². The van der Waals surface area contributed by atoms with Crippen LogP contribution in [0.15, 0.2) is 73.0 Å². The Morgan fingerprint density at radius 2 is 1.56 bits per heavy atom. The van der Waals surface area contributed by atoms with Crippen LogP contribution in [-0.2, 0) is 0 Å². The van der Waals surface area contributed by atoms with Gasteiger partial charge in [0.2, 0.25) is 0 Å². The zero-order chi connectivity index (χ0) is 20.0. The Bertz CT molecular complexity index is 816. The quantitative estimate of drug-likeness (QED) is 0.501. The molecule has 2 nitrogen and oxygen atoms in total. The van der Waals surface area contributed by atoms with Crippen LogP contribution in [0.5, 0.6) is 0 Å². The molecule has 0 aliphatic heterocycles. The third-order valence-corrected chi connectivity index (χ3v) is 4.79. The number of nitrogens with one attached hydrogen (secondary N) is 2. The summed E-state index contributed by atoms with van der Waals surface area (Å²) in [5.41, 5.74) is 9.37. The van der Waals surface area contributed by atoms with Gasteiger partial charge in [-0.25, -0.2) is 0 Å². The SMILES string of the molecule is C=C/C(CNc1ccc(C(C)C)cc1)=C(\C=C)Nc1c(C)cc(C)cc1C. The Balaban J connectivity index is 2.20. The Hall–Kier alpha value is -2.74. The molecule has 0 spiro atoms. The minimum Gasteiger partial charge on any atom is -0.381 e. The van der Waals surface area contributed by atoms with Gasteiger partial charge in [-0.05, 0) is 67.2 Å². The molecule has 0 fully saturated rings. The van der Waals surface area contributed by atoms with E-state index in [2.05, 4.69) is 94.8 Å². The number of hydrogen-bond donors (Lipinski definition) is 2. The first kappa shape index (κ1) is 20.6. The van der Waals surface area contributed by atoms with E-state index in [1.165, 1.54) is 22.3 Å². The molecule has 0 aliphatic rings. The second-order valence-electron chi connectivity index (χ2n) is 7.38. The minimum atomic E-state index is 0.542. The van der Waals surface area contributed by atoms with E-state index in [0.29, 0.717) is 12.5 Å². The van der Waals surface area contributed by atoms with Gasteiger partial charge in [-0.2, -0.15) is 0 Å². The zero-order valence-corrected chi connectivity index (χ0v) is 17.3. The van der Waals surface area contributed by atoms with E-state index < -0.39 is 0 Å². The van der Waals surface area contributed by atoms with E-state index in [1.807, 2.05) is 12.2 Å². The summed E-state index contributed by atoms with van der Waals surface area (Å²) in [6, 6.07) is 13.0. The lowest BCUT2D eigenvalue weighted by Gasteiger charge is -2.18. The summed E-state index contributed by atoms with van der Waals surface area (Å²) in [6.07, 6.45) is 3.75. The fraction of sp³-hybridized carbons (Fsp3) is 0.280. The third kappa shape index (κ3) is 5.37. The molecular weight excluding hydrogens is 328 g/mol. The van der Waals surface area contributed by atoms with Gasteiger partial charge in [-0.3, -0.25) is 0 Å². The molecule has 2 aromatic carbocycles. The first-order valence-corrected chi connectivity index (χ1v) is 9.52. The second kappa shape index (κ2) is 9.27. The summed E-state index contributed by atoms with van der Waals surface area (Å²) in [6.45, 7) is 19.5. The van der Waals surface area contributed by atoms with Crippen molar-refractivity contribution in [3.63, 3.8) is 0 Å². The third-order valence-electron chi connectivity index (χ3n) is 4.79. The highest BCUT2D eigenvalue weighted by Crippen LogP contribution is 2.25. The molecule has 0 saturated carbocycles. The van der Waals surface area contributed by atoms with E-state index in [9.17, 15) is 0 Å². The van der Waals surface area contributed by atoms with Crippen LogP contribution in [0, 0.1) is 20.8 Å². The van der Waals surface area contributed by atoms with Crippen molar-refractivity contribution in [2.24, 2.45) is 0 Å². The lowest BCUT2D eigenvalue weighted by Crippen LogP contribution is -2.10. The normalized spacial score (nSPS) is 11.8. The fourth-order valence-corrected chi connectivity index (χ4v) is 3.23. The summed E-state index contributed by atoms with van der Waals surface area (Å²) in [7, 11) is 0. The minimum absolute atomic E-state index is 0.542. The molecule has 2 rings (SSSR count). The largest absolute Gasteiger partial charge is 0.381 e. The lowest BCUT2D eigenvalue weighted by molar-refractivity contribution is 0.867. The van der Waals surface area contributed by atoms with E-state index in [1.54, 1.807) is 0 Å². The molecule has 2 aromatic rings. The smallest absolute Gasteiger partial charge is 0.0443 e. The summed E-state index contributed by atoms with van der Waals surface area (Å²) in [5.74, 6) is 0.542. The van der Waals surface area contributed by atoms with Gasteiger partial charge in [-0.1, -0.05) is 62.9 Å². The molecule has 0 amide bonds. The molecule has 27 heavy (non-hydrogen) atoms. The molecule has 0 radical (unpaired) electrons. The first-order valence-electron chi connectivity index (χ1n) is 9.52. The maximum Gasteiger partial charge on any atom is 0.0443 e. The second-order valence-corrected chi connectivity index (χ2v) is 7.38. The molecule has 2 heteroatoms. The van der Waals surface area contributed by atoms with Crippen LogP contribution in [0.4, 0.5) is 11.4 Å². The molecule has 0 aromatic heterocycles. The van der Waals surface area contributed by atoms with Crippen molar-refractivity contribution in [3.8, 4) is 0 Å². The predicted octanol–water partition coefficient (Wildman–Crippen LogP) is 6.89. The predicted molar refractivity (Wildman–Crippen MR) is 121 cm³/mol. The van der Waals surface area contributed by atoms with Crippen molar-refractivity contribution in [3.05, 3.63) is 95.2 Å². The topological polar surface area (TPSA) is 24.1 Å². The highest BCUT2D eigenvalue weighted by atomic mass is 14.9. The van der Waals surface area contributed by atoms with Crippen molar-refractivity contribution in [1.82, 2.24) is 0 Å². The summed E-state index contributed by atoms with van der Waals surface area (Å²) in [5, 5.41) is 7.04. The van der Waals surface area contributed by atoms with Crippen molar-refractivity contribution in [2.75, 3.05) is 17.2 Å². The van der Waals surface area contributed by atoms with Crippen LogP contribution in [0.2, 0.25) is 0 Å². The van der Waals surface area contributed by atoms with Crippen LogP contribution in [0.3, 0.4) is 0 Å². The molecule has 0 heterocycles. The van der Waals surface area contributed by atoms with Crippen LogP contribution in [0.25, 0.3) is 0 Å². The number of rotatable bonds is 8. The van der Waals surface area contributed by atoms with E-state index in [-0.39, 0.29) is 0 Å². The number of hydrogen-bond acceptors (Lipinski definition) is 2. The van der Waals surface area contributed by atoms with E-state index >= 15 is 0 Å². The molecule has 0 aliphatic carbocycles. The number of allylic oxidation sites excluding steroid dienone is 1. The van der Waals surface area contributed by atoms with Gasteiger partial charge in [0.15, 0.2) is 0 Å². The maximum absolute atomic E-state index is 3.99. The summed E-state index contributed by atoms with van der Waals surface area (Å²) < 4.78 is 0. The highest BCUT2D eigenvalue weighted by molar-refractivity contribution is 5.63. The molecule has 2 N–H and O–H groups in total. The number of anilines is 2. The molecule has 142 valence electrons. The highest BCUT2D eigenvalue weighted by Gasteiger charge is 2.08. The van der Waals surface area contributed by atoms with Gasteiger partial charge >= 0.3 is 0 Å². The number of aryl methyl sites for hydroxylation is 3. The molecular formula is C25H32N2. The van der Waals surface area contributed by atoms with Crippen LogP contribution in [-0.4, -0.2) is 6.54 Å². The monoisotopic (exact) mass is 360 g/mol. The Morgan fingerprint density at radius 1 is 0.963 bits per heavy atom. The zero-order valence-electron chi connectivity index (χ0n) is 17.3. The molecule has 0 bridgehead atoms. The molecule has 0 unspecified atom stereocenters. The van der Waals surface area contributed by atoms with Gasteiger partial charge in [0.25, 0.3) is 0 Å².